The number of aromatic nitrogens is 2. The number of nitrogens with one attached hydrogen (secondary N) is 1. The van der Waals surface area contributed by atoms with E-state index in [0.717, 1.165) is 34.5 Å². The van der Waals surface area contributed by atoms with Crippen molar-refractivity contribution in [2.24, 2.45) is 0 Å². The largest absolute Gasteiger partial charge is 0.496 e. The molecule has 1 aromatic carbocycles. The molecule has 1 aliphatic carbocycles. The topological polar surface area (TPSA) is 81.2 Å². The summed E-state index contributed by atoms with van der Waals surface area (Å²) in [6, 6.07) is 6.82. The van der Waals surface area contributed by atoms with Gasteiger partial charge in [-0.2, -0.15) is 0 Å². The van der Waals surface area contributed by atoms with Crippen LogP contribution in [0, 0.1) is 6.92 Å². The number of ether oxygens (including phenoxy) is 1. The number of carbonyl (C=O) groups is 2. The van der Waals surface area contributed by atoms with Gasteiger partial charge in [0.15, 0.2) is 0 Å². The van der Waals surface area contributed by atoms with E-state index in [1.54, 1.807) is 35.6 Å². The maximum Gasteiger partial charge on any atom is 0.261 e. The molecule has 0 bridgehead atoms. The van der Waals surface area contributed by atoms with Gasteiger partial charge in [0.1, 0.15) is 21.4 Å². The Hall–Kier alpha value is -2.45. The van der Waals surface area contributed by atoms with Crippen LogP contribution >= 0.6 is 23.1 Å². The van der Waals surface area contributed by atoms with Crippen molar-refractivity contribution in [2.45, 2.75) is 31.2 Å². The number of rotatable bonds is 5. The number of thioether (sulfide) groups is 1. The lowest BCUT2D eigenvalue weighted by molar-refractivity contribution is -0.117. The lowest BCUT2D eigenvalue weighted by Crippen LogP contribution is -2.32. The molecule has 0 radical (unpaired) electrons. The average Bonchev–Trinajstić information content (AvgIpc) is 3.26. The van der Waals surface area contributed by atoms with E-state index in [1.807, 2.05) is 6.92 Å². The zero-order chi connectivity index (χ0) is 19.7. The summed E-state index contributed by atoms with van der Waals surface area (Å²) in [5.41, 5.74) is 1.66. The molecule has 4 rings (SSSR count). The van der Waals surface area contributed by atoms with E-state index >= 15 is 0 Å². The second kappa shape index (κ2) is 7.89. The first-order valence-electron chi connectivity index (χ1n) is 8.95. The van der Waals surface area contributed by atoms with Crippen molar-refractivity contribution in [1.82, 2.24) is 15.3 Å². The smallest absolute Gasteiger partial charge is 0.261 e. The van der Waals surface area contributed by atoms with Gasteiger partial charge in [0, 0.05) is 10.3 Å². The maximum absolute atomic E-state index is 12.4. The van der Waals surface area contributed by atoms with Gasteiger partial charge < -0.3 is 4.74 Å². The van der Waals surface area contributed by atoms with Gasteiger partial charge in [-0.3, -0.25) is 14.9 Å². The number of thiophene rings is 1. The van der Waals surface area contributed by atoms with Crippen molar-refractivity contribution in [1.29, 1.82) is 0 Å². The number of benzene rings is 1. The van der Waals surface area contributed by atoms with Crippen molar-refractivity contribution in [3.8, 4) is 5.75 Å². The molecule has 1 N–H and O–H groups in total. The first kappa shape index (κ1) is 18.9. The van der Waals surface area contributed by atoms with Gasteiger partial charge >= 0.3 is 0 Å². The van der Waals surface area contributed by atoms with Crippen LogP contribution in [0.15, 0.2) is 29.3 Å². The number of carbonyl (C=O) groups excluding carboxylic acids is 2. The summed E-state index contributed by atoms with van der Waals surface area (Å²) in [6.45, 7) is 1.86. The number of hydrogen-bond acceptors (Lipinski definition) is 7. The lowest BCUT2D eigenvalue weighted by atomic mass is 10.2. The average molecular weight is 414 g/mol. The Labute approximate surface area is 170 Å². The van der Waals surface area contributed by atoms with Gasteiger partial charge in [0.2, 0.25) is 5.91 Å². The highest BCUT2D eigenvalue weighted by Crippen LogP contribution is 2.40. The summed E-state index contributed by atoms with van der Waals surface area (Å²) >= 11 is 3.08. The normalized spacial score (nSPS) is 12.8. The number of hydrogen-bond donors (Lipinski definition) is 1. The summed E-state index contributed by atoms with van der Waals surface area (Å²) in [5.74, 6) is 0.403. The molecule has 0 saturated heterocycles. The number of fused-ring (bicyclic) bond motifs is 3. The quantitative estimate of drug-likeness (QED) is 0.509. The van der Waals surface area contributed by atoms with Crippen molar-refractivity contribution in [3.05, 3.63) is 46.1 Å². The molecule has 0 atom stereocenters. The fourth-order valence-electron chi connectivity index (χ4n) is 3.36. The Kier molecular flexibility index (Phi) is 5.32. The highest BCUT2D eigenvalue weighted by atomic mass is 32.2. The van der Waals surface area contributed by atoms with Gasteiger partial charge in [0.05, 0.1) is 18.4 Å². The summed E-state index contributed by atoms with van der Waals surface area (Å²) in [7, 11) is 1.49. The van der Waals surface area contributed by atoms with Crippen molar-refractivity contribution in [2.75, 3.05) is 12.9 Å². The molecule has 2 heterocycles. The van der Waals surface area contributed by atoms with Crippen LogP contribution in [-0.2, 0) is 17.6 Å². The summed E-state index contributed by atoms with van der Waals surface area (Å²) < 4.78 is 5.18. The molecular formula is C20H19N3O3S2. The van der Waals surface area contributed by atoms with E-state index in [0.29, 0.717) is 17.1 Å². The van der Waals surface area contributed by atoms with Crippen LogP contribution in [0.4, 0.5) is 0 Å². The summed E-state index contributed by atoms with van der Waals surface area (Å²) in [4.78, 5) is 36.2. The van der Waals surface area contributed by atoms with Crippen molar-refractivity contribution in [3.63, 3.8) is 0 Å². The van der Waals surface area contributed by atoms with Crippen LogP contribution in [-0.4, -0.2) is 34.6 Å². The van der Waals surface area contributed by atoms with Gasteiger partial charge in [-0.15, -0.1) is 11.3 Å². The highest BCUT2D eigenvalue weighted by molar-refractivity contribution is 8.00. The monoisotopic (exact) mass is 413 g/mol. The van der Waals surface area contributed by atoms with Gasteiger partial charge in [-0.1, -0.05) is 23.9 Å². The minimum atomic E-state index is -0.469. The third-order valence-corrected chi connectivity index (χ3v) is 6.75. The second-order valence-electron chi connectivity index (χ2n) is 6.48. The number of methoxy groups -OCH3 is 1. The predicted octanol–water partition coefficient (Wildman–Crippen LogP) is 3.55. The standard InChI is InChI=1S/C20H19N3O3S2/c1-11-21-19(17-13-7-5-9-15(13)28-20(17)22-11)27-10-16(24)23-18(25)12-6-3-4-8-14(12)26-2/h3-4,6,8H,5,7,9-10H2,1-2H3,(H,23,24,25). The molecule has 0 spiro atoms. The zero-order valence-electron chi connectivity index (χ0n) is 15.6. The van der Waals surface area contributed by atoms with Crippen LogP contribution in [0.25, 0.3) is 10.2 Å². The maximum atomic E-state index is 12.4. The van der Waals surface area contributed by atoms with Crippen molar-refractivity contribution < 1.29 is 14.3 Å². The van der Waals surface area contributed by atoms with E-state index in [2.05, 4.69) is 15.3 Å². The third kappa shape index (κ3) is 3.62. The van der Waals surface area contributed by atoms with Gasteiger partial charge in [-0.25, -0.2) is 9.97 Å². The molecule has 144 valence electrons. The first-order chi connectivity index (χ1) is 13.6. The van der Waals surface area contributed by atoms with Crippen LogP contribution in [0.1, 0.15) is 33.0 Å². The first-order valence-corrected chi connectivity index (χ1v) is 10.8. The predicted molar refractivity (Wildman–Crippen MR) is 110 cm³/mol. The fourth-order valence-corrected chi connectivity index (χ4v) is 5.64. The molecule has 6 nitrogen and oxygen atoms in total. The Morgan fingerprint density at radius 2 is 2.07 bits per heavy atom. The van der Waals surface area contributed by atoms with E-state index in [-0.39, 0.29) is 11.7 Å². The second-order valence-corrected chi connectivity index (χ2v) is 8.53. The Morgan fingerprint density at radius 1 is 1.25 bits per heavy atom. The van der Waals surface area contributed by atoms with E-state index in [1.165, 1.54) is 29.3 Å². The number of amides is 2. The minimum Gasteiger partial charge on any atom is -0.496 e. The molecule has 2 amide bonds. The molecule has 1 aliphatic rings. The summed E-state index contributed by atoms with van der Waals surface area (Å²) in [6.07, 6.45) is 3.28. The molecular weight excluding hydrogens is 394 g/mol. The molecule has 8 heteroatoms. The number of nitrogens with zero attached hydrogens (tertiary/aromatic N) is 2. The fraction of sp³-hybridized carbons (Fsp3) is 0.300. The Balaban J connectivity index is 1.49. The Morgan fingerprint density at radius 3 is 2.89 bits per heavy atom. The molecule has 0 aliphatic heterocycles. The minimum absolute atomic E-state index is 0.108. The molecule has 3 aromatic rings. The lowest BCUT2D eigenvalue weighted by Gasteiger charge is -2.09. The SMILES string of the molecule is COc1ccccc1C(=O)NC(=O)CSc1nc(C)nc2sc3c(c12)CCC3. The van der Waals surface area contributed by atoms with Gasteiger partial charge in [-0.05, 0) is 43.9 Å². The van der Waals surface area contributed by atoms with Crippen LogP contribution < -0.4 is 10.1 Å². The molecule has 0 unspecified atom stereocenters. The van der Waals surface area contributed by atoms with Crippen LogP contribution in [0.3, 0.4) is 0 Å². The van der Waals surface area contributed by atoms with Crippen LogP contribution in [0.5, 0.6) is 5.75 Å². The van der Waals surface area contributed by atoms with E-state index in [9.17, 15) is 9.59 Å². The van der Waals surface area contributed by atoms with Gasteiger partial charge in [0.25, 0.3) is 5.91 Å². The van der Waals surface area contributed by atoms with E-state index < -0.39 is 5.91 Å². The molecule has 0 fully saturated rings. The number of imide groups is 1. The molecule has 2 aromatic heterocycles. The third-order valence-electron chi connectivity index (χ3n) is 4.59. The summed E-state index contributed by atoms with van der Waals surface area (Å²) in [5, 5.41) is 4.33. The molecule has 0 saturated carbocycles. The Bertz CT molecular complexity index is 1080. The highest BCUT2D eigenvalue weighted by Gasteiger charge is 2.23. The van der Waals surface area contributed by atoms with Crippen LogP contribution in [0.2, 0.25) is 0 Å². The number of para-hydroxylation sites is 1. The van der Waals surface area contributed by atoms with Crippen molar-refractivity contribution >= 4 is 45.1 Å². The zero-order valence-corrected chi connectivity index (χ0v) is 17.2. The van der Waals surface area contributed by atoms with E-state index in [4.69, 9.17) is 4.74 Å². The number of aryl methyl sites for hydroxylation is 3. The molecule has 28 heavy (non-hydrogen) atoms.